The van der Waals surface area contributed by atoms with Crippen molar-refractivity contribution >= 4 is 38.4 Å². The number of rotatable bonds is 6. The van der Waals surface area contributed by atoms with E-state index in [0.717, 1.165) is 11.3 Å². The Morgan fingerprint density at radius 2 is 2.19 bits per heavy atom. The van der Waals surface area contributed by atoms with Gasteiger partial charge >= 0.3 is 0 Å². The van der Waals surface area contributed by atoms with E-state index in [1.165, 1.54) is 34.5 Å². The lowest BCUT2D eigenvalue weighted by Crippen LogP contribution is -2.23. The number of aromatic nitrogens is 4. The minimum Gasteiger partial charge on any atom is -0.458 e. The van der Waals surface area contributed by atoms with Crippen LogP contribution in [0.1, 0.15) is 33.9 Å². The molecule has 0 aliphatic heterocycles. The van der Waals surface area contributed by atoms with Gasteiger partial charge in [0.05, 0.1) is 17.3 Å². The molecule has 0 saturated carbocycles. The van der Waals surface area contributed by atoms with Gasteiger partial charge in [-0.05, 0) is 24.3 Å². The molecular weight excluding hydrogens is 441 g/mol. The van der Waals surface area contributed by atoms with Crippen molar-refractivity contribution in [3.8, 4) is 0 Å². The van der Waals surface area contributed by atoms with E-state index in [2.05, 4.69) is 15.1 Å². The van der Waals surface area contributed by atoms with Crippen molar-refractivity contribution in [1.29, 1.82) is 0 Å². The van der Waals surface area contributed by atoms with Crippen LogP contribution in [0, 0.1) is 5.82 Å². The molecule has 5 aromatic rings. The van der Waals surface area contributed by atoms with Gasteiger partial charge < -0.3 is 19.8 Å². The molecule has 0 bridgehead atoms. The van der Waals surface area contributed by atoms with Gasteiger partial charge in [0.25, 0.3) is 5.56 Å². The second kappa shape index (κ2) is 7.66. The molecule has 1 aromatic carbocycles. The normalized spacial score (nSPS) is 12.6. The smallest absolute Gasteiger partial charge is 0.263 e. The first-order chi connectivity index (χ1) is 15.4. The van der Waals surface area contributed by atoms with Crippen molar-refractivity contribution < 1.29 is 23.2 Å². The fourth-order valence-electron chi connectivity index (χ4n) is 3.32. The molecular formula is C20H14FN5O5S. The number of carbonyl (C=O) groups excluding carboxylic acids is 1. The summed E-state index contributed by atoms with van der Waals surface area (Å²) in [4.78, 5) is 33.1. The Balaban J connectivity index is 1.35. The van der Waals surface area contributed by atoms with E-state index in [-0.39, 0.29) is 41.4 Å². The van der Waals surface area contributed by atoms with E-state index in [4.69, 9.17) is 14.7 Å². The predicted octanol–water partition coefficient (Wildman–Crippen LogP) is 2.15. The number of hydrogen-bond donors (Lipinski definition) is 2. The fourth-order valence-corrected chi connectivity index (χ4v) is 4.20. The van der Waals surface area contributed by atoms with E-state index in [0.29, 0.717) is 15.8 Å². The number of thiophene rings is 1. The highest BCUT2D eigenvalue weighted by Crippen LogP contribution is 2.26. The molecule has 0 fully saturated rings. The Morgan fingerprint density at radius 1 is 1.34 bits per heavy atom. The molecule has 0 saturated heterocycles. The van der Waals surface area contributed by atoms with E-state index >= 15 is 0 Å². The zero-order chi connectivity index (χ0) is 22.4. The lowest BCUT2D eigenvalue weighted by molar-refractivity contribution is 0.100. The van der Waals surface area contributed by atoms with Crippen LogP contribution in [-0.2, 0) is 13.0 Å². The molecule has 1 atom stereocenters. The maximum atomic E-state index is 13.3. The van der Waals surface area contributed by atoms with Crippen molar-refractivity contribution in [1.82, 2.24) is 19.7 Å². The van der Waals surface area contributed by atoms with Crippen LogP contribution in [0.3, 0.4) is 0 Å². The molecule has 32 heavy (non-hydrogen) atoms. The summed E-state index contributed by atoms with van der Waals surface area (Å²) in [6.07, 6.45) is 0.215. The van der Waals surface area contributed by atoms with E-state index in [1.54, 1.807) is 6.07 Å². The highest BCUT2D eigenvalue weighted by Gasteiger charge is 2.20. The molecule has 3 N–H and O–H groups in total. The summed E-state index contributed by atoms with van der Waals surface area (Å²) in [6.45, 7) is -0.0805. The second-order valence-electron chi connectivity index (χ2n) is 7.03. The fraction of sp³-hybridized carbons (Fsp3) is 0.150. The largest absolute Gasteiger partial charge is 0.458 e. The molecule has 10 nitrogen and oxygen atoms in total. The maximum Gasteiger partial charge on any atom is 0.263 e. The van der Waals surface area contributed by atoms with Gasteiger partial charge in [-0.25, -0.2) is 9.37 Å². The number of halogens is 1. The Labute approximate surface area is 181 Å². The molecule has 0 radical (unpaired) electrons. The first-order valence-electron chi connectivity index (χ1n) is 9.34. The van der Waals surface area contributed by atoms with Crippen molar-refractivity contribution in [2.45, 2.75) is 19.1 Å². The number of benzene rings is 1. The number of hydrogen-bond acceptors (Lipinski definition) is 9. The Hall–Kier alpha value is -3.90. The van der Waals surface area contributed by atoms with Crippen LogP contribution in [0.15, 0.2) is 49.7 Å². The third-order valence-corrected chi connectivity index (χ3v) is 5.73. The molecule has 0 unspecified atom stereocenters. The molecule has 4 aromatic heterocycles. The van der Waals surface area contributed by atoms with Gasteiger partial charge in [0.1, 0.15) is 34.6 Å². The van der Waals surface area contributed by atoms with Gasteiger partial charge in [-0.3, -0.25) is 14.2 Å². The van der Waals surface area contributed by atoms with Crippen LogP contribution in [0.4, 0.5) is 4.39 Å². The quantitative estimate of drug-likeness (QED) is 0.395. The van der Waals surface area contributed by atoms with Crippen molar-refractivity contribution in [3.05, 3.63) is 75.2 Å². The number of nitrogens with zero attached hydrogens (tertiary/aromatic N) is 4. The standard InChI is InChI=1S/C20H14FN5O5S/c21-10-1-2-13-9(3-10)4-14(30-13)12(27)5-15-24-16(31-25-15)6-26-8-23-19-17(20(26)29)11(7-32-19)18(22)28/h1-4,7-8,12,27H,5-6H2,(H2,22,28)/t12-/m0/s1. The van der Waals surface area contributed by atoms with Crippen LogP contribution < -0.4 is 11.3 Å². The minimum absolute atomic E-state index is 0.0195. The summed E-state index contributed by atoms with van der Waals surface area (Å²) < 4.78 is 25.3. The first-order valence-corrected chi connectivity index (χ1v) is 10.2. The third-order valence-electron chi connectivity index (χ3n) is 4.84. The van der Waals surface area contributed by atoms with Gasteiger partial charge in [-0.2, -0.15) is 4.98 Å². The zero-order valence-corrected chi connectivity index (χ0v) is 17.0. The summed E-state index contributed by atoms with van der Waals surface area (Å²) in [7, 11) is 0. The lowest BCUT2D eigenvalue weighted by Gasteiger charge is -2.03. The van der Waals surface area contributed by atoms with Gasteiger partial charge in [0.2, 0.25) is 11.8 Å². The number of furan rings is 1. The summed E-state index contributed by atoms with van der Waals surface area (Å²) >= 11 is 1.15. The van der Waals surface area contributed by atoms with Gasteiger partial charge in [-0.15, -0.1) is 11.3 Å². The zero-order valence-electron chi connectivity index (χ0n) is 16.2. The highest BCUT2D eigenvalue weighted by molar-refractivity contribution is 7.17. The van der Waals surface area contributed by atoms with Gasteiger partial charge in [0.15, 0.2) is 5.82 Å². The number of aliphatic hydroxyl groups is 1. The molecule has 12 heteroatoms. The van der Waals surface area contributed by atoms with E-state index in [9.17, 15) is 19.1 Å². The number of aliphatic hydroxyl groups excluding tert-OH is 1. The Kier molecular flexibility index (Phi) is 4.79. The monoisotopic (exact) mass is 455 g/mol. The predicted molar refractivity (Wildman–Crippen MR) is 111 cm³/mol. The number of nitrogens with two attached hydrogens (primary N) is 1. The number of amides is 1. The van der Waals surface area contributed by atoms with Crippen LogP contribution in [0.5, 0.6) is 0 Å². The summed E-state index contributed by atoms with van der Waals surface area (Å²) in [5.41, 5.74) is 5.42. The number of fused-ring (bicyclic) bond motifs is 2. The molecule has 5 rings (SSSR count). The highest BCUT2D eigenvalue weighted by atomic mass is 32.1. The molecule has 0 aliphatic rings. The van der Waals surface area contributed by atoms with Crippen molar-refractivity contribution in [2.75, 3.05) is 0 Å². The van der Waals surface area contributed by atoms with Gasteiger partial charge in [0, 0.05) is 17.2 Å². The van der Waals surface area contributed by atoms with Crippen LogP contribution in [-0.4, -0.2) is 30.7 Å². The minimum atomic E-state index is -1.08. The average Bonchev–Trinajstić information content (AvgIpc) is 3.48. The first kappa shape index (κ1) is 20.0. The van der Waals surface area contributed by atoms with Crippen LogP contribution in [0.2, 0.25) is 0 Å². The topological polar surface area (TPSA) is 150 Å². The SMILES string of the molecule is NC(=O)c1csc2ncn(Cc3nc(C[C@H](O)c4cc5cc(F)ccc5o4)no3)c(=O)c12. The van der Waals surface area contributed by atoms with E-state index < -0.39 is 23.4 Å². The maximum absolute atomic E-state index is 13.3. The molecule has 0 spiro atoms. The van der Waals surface area contributed by atoms with Crippen molar-refractivity contribution in [3.63, 3.8) is 0 Å². The second-order valence-corrected chi connectivity index (χ2v) is 7.88. The van der Waals surface area contributed by atoms with Gasteiger partial charge in [-0.1, -0.05) is 5.16 Å². The summed E-state index contributed by atoms with van der Waals surface area (Å²) in [5.74, 6) is -0.586. The molecule has 4 heterocycles. The molecule has 0 aliphatic carbocycles. The molecule has 1 amide bonds. The summed E-state index contributed by atoms with van der Waals surface area (Å²) in [6, 6.07) is 5.60. The lowest BCUT2D eigenvalue weighted by atomic mass is 10.2. The Morgan fingerprint density at radius 3 is 3.00 bits per heavy atom. The van der Waals surface area contributed by atoms with E-state index in [1.807, 2.05) is 0 Å². The summed E-state index contributed by atoms with van der Waals surface area (Å²) in [5, 5.41) is 16.4. The van der Waals surface area contributed by atoms with Crippen LogP contribution in [0.25, 0.3) is 21.2 Å². The number of carbonyl (C=O) groups is 1. The third kappa shape index (κ3) is 3.55. The van der Waals surface area contributed by atoms with Crippen molar-refractivity contribution in [2.24, 2.45) is 5.73 Å². The Bertz CT molecular complexity index is 1530. The average molecular weight is 455 g/mol. The molecule has 162 valence electrons. The number of primary amides is 1. The van der Waals surface area contributed by atoms with Crippen LogP contribution >= 0.6 is 11.3 Å².